The fourth-order valence-corrected chi connectivity index (χ4v) is 2.31. The zero-order valence-electron chi connectivity index (χ0n) is 10.0. The minimum atomic E-state index is -0.0499. The molecule has 2 N–H and O–H groups in total. The summed E-state index contributed by atoms with van der Waals surface area (Å²) in [4.78, 5) is 12.8. The summed E-state index contributed by atoms with van der Waals surface area (Å²) in [5.74, 6) is 0. The Morgan fingerprint density at radius 1 is 1.28 bits per heavy atom. The number of aromatic nitrogens is 1. The molecular weight excluding hydrogens is 248 g/mol. The highest BCUT2D eigenvalue weighted by Crippen LogP contribution is 2.08. The number of nitrogens with two attached hydrogens (primary N) is 1. The van der Waals surface area contributed by atoms with Crippen molar-refractivity contribution in [2.45, 2.75) is 13.0 Å². The molecule has 0 radical (unpaired) electrons. The monoisotopic (exact) mass is 264 g/mol. The van der Waals surface area contributed by atoms with E-state index in [0.717, 1.165) is 6.42 Å². The van der Waals surface area contributed by atoms with E-state index >= 15 is 0 Å². The van der Waals surface area contributed by atoms with Crippen molar-refractivity contribution in [1.29, 1.82) is 0 Å². The van der Waals surface area contributed by atoms with Gasteiger partial charge in [0.25, 0.3) is 5.56 Å². The van der Waals surface area contributed by atoms with Crippen LogP contribution in [0.1, 0.15) is 4.88 Å². The zero-order chi connectivity index (χ0) is 12.8. The summed E-state index contributed by atoms with van der Waals surface area (Å²) in [6.07, 6.45) is 2.56. The molecule has 0 fully saturated rings. The van der Waals surface area contributed by atoms with Crippen LogP contribution in [0.4, 0.5) is 5.69 Å². The number of rotatable bonds is 6. The molecule has 2 aromatic heterocycles. The minimum absolute atomic E-state index is 0.0499. The van der Waals surface area contributed by atoms with Crippen LogP contribution < -0.4 is 11.3 Å². The van der Waals surface area contributed by atoms with Crippen LogP contribution in [0.25, 0.3) is 0 Å². The highest BCUT2D eigenvalue weighted by Gasteiger charge is 1.97. The van der Waals surface area contributed by atoms with E-state index in [0.29, 0.717) is 25.4 Å². The molecule has 18 heavy (non-hydrogen) atoms. The molecule has 0 aromatic carbocycles. The summed E-state index contributed by atoms with van der Waals surface area (Å²) in [5.41, 5.74) is 6.16. The molecule has 0 aliphatic heterocycles. The molecule has 0 saturated carbocycles. The van der Waals surface area contributed by atoms with Crippen LogP contribution >= 0.6 is 11.3 Å². The maximum absolute atomic E-state index is 11.5. The number of ether oxygens (including phenoxy) is 1. The summed E-state index contributed by atoms with van der Waals surface area (Å²) in [5, 5.41) is 2.06. The standard InChI is InChI=1S/C13H16N2O2S/c14-11-3-4-13(16)15(10-11)6-8-17-7-5-12-2-1-9-18-12/h1-4,9-10H,5-8,14H2. The van der Waals surface area contributed by atoms with Gasteiger partial charge >= 0.3 is 0 Å². The highest BCUT2D eigenvalue weighted by atomic mass is 32.1. The first kappa shape index (κ1) is 12.9. The first-order valence-electron chi connectivity index (χ1n) is 5.82. The van der Waals surface area contributed by atoms with Crippen molar-refractivity contribution in [3.8, 4) is 0 Å². The summed E-state index contributed by atoms with van der Waals surface area (Å²) >= 11 is 1.73. The van der Waals surface area contributed by atoms with E-state index in [1.165, 1.54) is 10.9 Å². The predicted octanol–water partition coefficient (Wildman–Crippen LogP) is 1.75. The fraction of sp³-hybridized carbons (Fsp3) is 0.308. The maximum Gasteiger partial charge on any atom is 0.250 e. The SMILES string of the molecule is Nc1ccc(=O)n(CCOCCc2cccs2)c1. The lowest BCUT2D eigenvalue weighted by Crippen LogP contribution is -2.21. The lowest BCUT2D eigenvalue weighted by molar-refractivity contribution is 0.129. The van der Waals surface area contributed by atoms with Gasteiger partial charge in [0.15, 0.2) is 0 Å². The molecular formula is C13H16N2O2S. The number of nitrogen functional groups attached to an aromatic ring is 1. The van der Waals surface area contributed by atoms with E-state index < -0.39 is 0 Å². The molecule has 2 aromatic rings. The minimum Gasteiger partial charge on any atom is -0.398 e. The van der Waals surface area contributed by atoms with Crippen molar-refractivity contribution in [1.82, 2.24) is 4.57 Å². The Morgan fingerprint density at radius 3 is 2.94 bits per heavy atom. The van der Waals surface area contributed by atoms with Crippen molar-refractivity contribution < 1.29 is 4.74 Å². The molecule has 0 amide bonds. The molecule has 0 atom stereocenters. The number of thiophene rings is 1. The molecule has 0 spiro atoms. The molecule has 5 heteroatoms. The van der Waals surface area contributed by atoms with Gasteiger partial charge in [-0.15, -0.1) is 11.3 Å². The molecule has 0 aliphatic rings. The Labute approximate surface area is 110 Å². The van der Waals surface area contributed by atoms with Crippen molar-refractivity contribution in [2.75, 3.05) is 18.9 Å². The Bertz CT molecular complexity index is 534. The topological polar surface area (TPSA) is 57.2 Å². The second-order valence-electron chi connectivity index (χ2n) is 3.94. The summed E-state index contributed by atoms with van der Waals surface area (Å²) in [6.45, 7) is 1.74. The van der Waals surface area contributed by atoms with E-state index in [1.54, 1.807) is 28.2 Å². The first-order valence-corrected chi connectivity index (χ1v) is 6.70. The van der Waals surface area contributed by atoms with Crippen molar-refractivity contribution in [3.63, 3.8) is 0 Å². The van der Waals surface area contributed by atoms with Gasteiger partial charge in [-0.2, -0.15) is 0 Å². The van der Waals surface area contributed by atoms with Gasteiger partial charge in [0.05, 0.1) is 13.2 Å². The van der Waals surface area contributed by atoms with Gasteiger partial charge in [0, 0.05) is 35.8 Å². The Kier molecular flexibility index (Phi) is 4.55. The van der Waals surface area contributed by atoms with E-state index in [4.69, 9.17) is 10.5 Å². The number of pyridine rings is 1. The van der Waals surface area contributed by atoms with Crippen molar-refractivity contribution in [2.24, 2.45) is 0 Å². The zero-order valence-corrected chi connectivity index (χ0v) is 10.9. The van der Waals surface area contributed by atoms with Crippen LogP contribution in [0.15, 0.2) is 40.6 Å². The van der Waals surface area contributed by atoms with Crippen LogP contribution in [0.5, 0.6) is 0 Å². The lowest BCUT2D eigenvalue weighted by Gasteiger charge is -2.07. The summed E-state index contributed by atoms with van der Waals surface area (Å²) in [6, 6.07) is 7.21. The normalized spacial score (nSPS) is 10.7. The largest absolute Gasteiger partial charge is 0.398 e. The molecule has 0 bridgehead atoms. The van der Waals surface area contributed by atoms with Crippen LogP contribution in [0, 0.1) is 0 Å². The summed E-state index contributed by atoms with van der Waals surface area (Å²) < 4.78 is 7.08. The van der Waals surface area contributed by atoms with Crippen molar-refractivity contribution in [3.05, 3.63) is 51.1 Å². The summed E-state index contributed by atoms with van der Waals surface area (Å²) in [7, 11) is 0. The molecule has 0 aliphatic carbocycles. The lowest BCUT2D eigenvalue weighted by atomic mass is 10.4. The van der Waals surface area contributed by atoms with E-state index in [1.807, 2.05) is 6.07 Å². The molecule has 2 heterocycles. The third kappa shape index (κ3) is 3.72. The quantitative estimate of drug-likeness (QED) is 0.809. The van der Waals surface area contributed by atoms with Gasteiger partial charge < -0.3 is 15.0 Å². The molecule has 4 nitrogen and oxygen atoms in total. The fourth-order valence-electron chi connectivity index (χ4n) is 1.62. The molecule has 0 unspecified atom stereocenters. The Hall–Kier alpha value is -1.59. The second-order valence-corrected chi connectivity index (χ2v) is 4.97. The number of nitrogens with zero attached hydrogens (tertiary/aromatic N) is 1. The molecule has 0 saturated heterocycles. The van der Waals surface area contributed by atoms with Gasteiger partial charge in [0.1, 0.15) is 0 Å². The average Bonchev–Trinajstić information content (AvgIpc) is 2.86. The molecule has 96 valence electrons. The Morgan fingerprint density at radius 2 is 2.17 bits per heavy atom. The second kappa shape index (κ2) is 6.37. The van der Waals surface area contributed by atoms with Crippen LogP contribution in [0.3, 0.4) is 0 Å². The van der Waals surface area contributed by atoms with Crippen LogP contribution in [-0.4, -0.2) is 17.8 Å². The third-order valence-electron chi connectivity index (χ3n) is 2.56. The van der Waals surface area contributed by atoms with E-state index in [9.17, 15) is 4.79 Å². The highest BCUT2D eigenvalue weighted by molar-refractivity contribution is 7.09. The van der Waals surface area contributed by atoms with Gasteiger partial charge in [-0.05, 0) is 17.5 Å². The van der Waals surface area contributed by atoms with E-state index in [-0.39, 0.29) is 5.56 Å². The van der Waals surface area contributed by atoms with Gasteiger partial charge in [-0.1, -0.05) is 6.07 Å². The van der Waals surface area contributed by atoms with Gasteiger partial charge in [0.2, 0.25) is 0 Å². The number of anilines is 1. The third-order valence-corrected chi connectivity index (χ3v) is 3.49. The van der Waals surface area contributed by atoms with Gasteiger partial charge in [-0.3, -0.25) is 4.79 Å². The number of hydrogen-bond donors (Lipinski definition) is 1. The van der Waals surface area contributed by atoms with E-state index in [2.05, 4.69) is 11.4 Å². The Balaban J connectivity index is 1.72. The van der Waals surface area contributed by atoms with Crippen molar-refractivity contribution >= 4 is 17.0 Å². The first-order chi connectivity index (χ1) is 8.75. The number of hydrogen-bond acceptors (Lipinski definition) is 4. The van der Waals surface area contributed by atoms with Crippen LogP contribution in [-0.2, 0) is 17.7 Å². The van der Waals surface area contributed by atoms with Crippen LogP contribution in [0.2, 0.25) is 0 Å². The average molecular weight is 264 g/mol. The van der Waals surface area contributed by atoms with Gasteiger partial charge in [-0.25, -0.2) is 0 Å². The maximum atomic E-state index is 11.5. The molecule has 2 rings (SSSR count). The predicted molar refractivity (Wildman–Crippen MR) is 74.0 cm³/mol. The smallest absolute Gasteiger partial charge is 0.250 e.